The lowest BCUT2D eigenvalue weighted by molar-refractivity contribution is -0.122. The zero-order chi connectivity index (χ0) is 22.3. The van der Waals surface area contributed by atoms with Gasteiger partial charge in [0.1, 0.15) is 11.4 Å². The van der Waals surface area contributed by atoms with Gasteiger partial charge in [-0.3, -0.25) is 14.9 Å². The van der Waals surface area contributed by atoms with Crippen molar-refractivity contribution in [1.29, 1.82) is 0 Å². The first-order valence-electron chi connectivity index (χ1n) is 9.56. The molecule has 0 atom stereocenters. The summed E-state index contributed by atoms with van der Waals surface area (Å²) in [5.74, 6) is -0.644. The Balaban J connectivity index is 1.78. The number of amides is 4. The first-order valence-corrected chi connectivity index (χ1v) is 10.3. The summed E-state index contributed by atoms with van der Waals surface area (Å²) in [6.45, 7) is 5.61. The third kappa shape index (κ3) is 3.70. The number of carbonyl (C=O) groups excluding carboxylic acids is 3. The molecule has 0 unspecified atom stereocenters. The molecule has 3 heterocycles. The summed E-state index contributed by atoms with van der Waals surface area (Å²) in [7, 11) is 0. The van der Waals surface area contributed by atoms with Crippen molar-refractivity contribution in [3.05, 3.63) is 81.2 Å². The molecule has 156 valence electrons. The lowest BCUT2D eigenvalue weighted by atomic mass is 10.1. The Kier molecular flexibility index (Phi) is 5.32. The fourth-order valence-electron chi connectivity index (χ4n) is 3.67. The minimum absolute atomic E-state index is 0.108. The summed E-state index contributed by atoms with van der Waals surface area (Å²) in [6.07, 6.45) is 3.22. The van der Waals surface area contributed by atoms with Crippen molar-refractivity contribution in [1.82, 2.24) is 14.9 Å². The highest BCUT2D eigenvalue weighted by atomic mass is 79.9. The Morgan fingerprint density at radius 2 is 1.81 bits per heavy atom. The molecule has 1 aliphatic heterocycles. The summed E-state index contributed by atoms with van der Waals surface area (Å²) in [5, 5.41) is 2.27. The van der Waals surface area contributed by atoms with E-state index >= 15 is 0 Å². The largest absolute Gasteiger partial charge is 0.335 e. The maximum Gasteiger partial charge on any atom is 0.335 e. The van der Waals surface area contributed by atoms with E-state index in [2.05, 4.69) is 26.2 Å². The first-order chi connectivity index (χ1) is 14.8. The van der Waals surface area contributed by atoms with Gasteiger partial charge in [-0.1, -0.05) is 22.0 Å². The molecule has 1 saturated heterocycles. The van der Waals surface area contributed by atoms with Crippen molar-refractivity contribution in [3.8, 4) is 5.82 Å². The molecule has 0 bridgehead atoms. The Morgan fingerprint density at radius 1 is 1.03 bits per heavy atom. The van der Waals surface area contributed by atoms with Gasteiger partial charge >= 0.3 is 6.03 Å². The third-order valence-corrected chi connectivity index (χ3v) is 5.64. The molecular weight excluding hydrogens is 460 g/mol. The molecule has 4 rings (SSSR count). The number of anilines is 1. The van der Waals surface area contributed by atoms with Crippen molar-refractivity contribution >= 4 is 45.5 Å². The summed E-state index contributed by atoms with van der Waals surface area (Å²) in [4.78, 5) is 43.6. The Hall–Kier alpha value is -3.52. The number of imide groups is 2. The fourth-order valence-corrected chi connectivity index (χ4v) is 4.15. The second-order valence-electron chi connectivity index (χ2n) is 7.24. The number of halogens is 1. The molecule has 0 spiro atoms. The summed E-state index contributed by atoms with van der Waals surface area (Å²) in [6, 6.07) is 11.9. The number of aromatic nitrogens is 2. The molecule has 1 N–H and O–H groups in total. The molecule has 31 heavy (non-hydrogen) atoms. The number of urea groups is 1. The van der Waals surface area contributed by atoms with Crippen LogP contribution in [0.15, 0.2) is 58.7 Å². The van der Waals surface area contributed by atoms with E-state index in [4.69, 9.17) is 0 Å². The summed E-state index contributed by atoms with van der Waals surface area (Å²) < 4.78 is 2.77. The van der Waals surface area contributed by atoms with E-state index in [0.717, 1.165) is 32.1 Å². The van der Waals surface area contributed by atoms with Crippen LogP contribution >= 0.6 is 15.9 Å². The SMILES string of the molecule is Cc1cc(Br)ccc1N1C(=O)NC(=O)/C(=C\c2cc(C)n(-c3ccccn3)c2C)C1=O. The van der Waals surface area contributed by atoms with E-state index in [-0.39, 0.29) is 5.57 Å². The van der Waals surface area contributed by atoms with Gasteiger partial charge in [-0.05, 0) is 74.4 Å². The fraction of sp³-hybridized carbons (Fsp3) is 0.130. The van der Waals surface area contributed by atoms with E-state index in [1.54, 1.807) is 31.3 Å². The molecule has 4 amide bonds. The van der Waals surface area contributed by atoms with Crippen LogP contribution in [0, 0.1) is 20.8 Å². The van der Waals surface area contributed by atoms with Crippen molar-refractivity contribution in [2.24, 2.45) is 0 Å². The lowest BCUT2D eigenvalue weighted by Crippen LogP contribution is -2.54. The Bertz CT molecular complexity index is 1260. The number of benzene rings is 1. The van der Waals surface area contributed by atoms with Crippen molar-refractivity contribution < 1.29 is 14.4 Å². The number of hydrogen-bond acceptors (Lipinski definition) is 4. The Morgan fingerprint density at radius 3 is 2.48 bits per heavy atom. The van der Waals surface area contributed by atoms with Gasteiger partial charge in [-0.15, -0.1) is 0 Å². The number of nitrogens with zero attached hydrogens (tertiary/aromatic N) is 3. The predicted octanol–water partition coefficient (Wildman–Crippen LogP) is 4.23. The molecule has 1 aliphatic rings. The zero-order valence-corrected chi connectivity index (χ0v) is 18.7. The van der Waals surface area contributed by atoms with Crippen LogP contribution in [0.25, 0.3) is 11.9 Å². The minimum Gasteiger partial charge on any atom is -0.303 e. The number of carbonyl (C=O) groups is 3. The van der Waals surface area contributed by atoms with Gasteiger partial charge in [-0.2, -0.15) is 0 Å². The predicted molar refractivity (Wildman–Crippen MR) is 121 cm³/mol. The minimum atomic E-state index is -0.767. The van der Waals surface area contributed by atoms with E-state index < -0.39 is 17.8 Å². The number of nitrogens with one attached hydrogen (secondary N) is 1. The molecule has 1 fully saturated rings. The highest BCUT2D eigenvalue weighted by Gasteiger charge is 2.37. The van der Waals surface area contributed by atoms with E-state index in [0.29, 0.717) is 11.3 Å². The van der Waals surface area contributed by atoms with Crippen LogP contribution in [-0.2, 0) is 9.59 Å². The average molecular weight is 479 g/mol. The molecule has 0 aliphatic carbocycles. The molecule has 0 saturated carbocycles. The average Bonchev–Trinajstić information content (AvgIpc) is 3.00. The van der Waals surface area contributed by atoms with Crippen molar-refractivity contribution in [3.63, 3.8) is 0 Å². The van der Waals surface area contributed by atoms with Crippen LogP contribution in [0.5, 0.6) is 0 Å². The van der Waals surface area contributed by atoms with Gasteiger partial charge in [0.25, 0.3) is 11.8 Å². The normalized spacial score (nSPS) is 15.5. The monoisotopic (exact) mass is 478 g/mol. The van der Waals surface area contributed by atoms with Gasteiger partial charge in [0.05, 0.1) is 5.69 Å². The first kappa shape index (κ1) is 20.7. The second kappa shape index (κ2) is 7.96. The molecule has 8 heteroatoms. The lowest BCUT2D eigenvalue weighted by Gasteiger charge is -2.27. The van der Waals surface area contributed by atoms with Crippen LogP contribution in [0.1, 0.15) is 22.5 Å². The van der Waals surface area contributed by atoms with E-state index in [9.17, 15) is 14.4 Å². The zero-order valence-electron chi connectivity index (χ0n) is 17.1. The smallest absolute Gasteiger partial charge is 0.303 e. The number of pyridine rings is 1. The van der Waals surface area contributed by atoms with E-state index in [1.165, 1.54) is 6.08 Å². The van der Waals surface area contributed by atoms with Gasteiger partial charge < -0.3 is 4.57 Å². The summed E-state index contributed by atoms with van der Waals surface area (Å²) >= 11 is 3.38. The maximum absolute atomic E-state index is 13.2. The number of aryl methyl sites for hydroxylation is 2. The van der Waals surface area contributed by atoms with Crippen LogP contribution in [0.4, 0.5) is 10.5 Å². The van der Waals surface area contributed by atoms with Crippen LogP contribution in [-0.4, -0.2) is 27.4 Å². The van der Waals surface area contributed by atoms with Crippen molar-refractivity contribution in [2.75, 3.05) is 4.90 Å². The molecule has 7 nitrogen and oxygen atoms in total. The van der Waals surface area contributed by atoms with Gasteiger partial charge in [0.2, 0.25) is 0 Å². The van der Waals surface area contributed by atoms with Gasteiger partial charge in [-0.25, -0.2) is 14.7 Å². The number of rotatable bonds is 3. The molecule has 2 aromatic heterocycles. The van der Waals surface area contributed by atoms with Crippen molar-refractivity contribution in [2.45, 2.75) is 20.8 Å². The topological polar surface area (TPSA) is 84.3 Å². The highest BCUT2D eigenvalue weighted by Crippen LogP contribution is 2.28. The third-order valence-electron chi connectivity index (χ3n) is 5.15. The van der Waals surface area contributed by atoms with Crippen LogP contribution in [0.2, 0.25) is 0 Å². The molecule has 1 aromatic carbocycles. The van der Waals surface area contributed by atoms with E-state index in [1.807, 2.05) is 42.7 Å². The maximum atomic E-state index is 13.2. The molecule has 0 radical (unpaired) electrons. The number of barbiturate groups is 1. The van der Waals surface area contributed by atoms with Crippen LogP contribution in [0.3, 0.4) is 0 Å². The van der Waals surface area contributed by atoms with Gasteiger partial charge in [0.15, 0.2) is 0 Å². The summed E-state index contributed by atoms with van der Waals surface area (Å²) in [5.41, 5.74) is 3.46. The second-order valence-corrected chi connectivity index (χ2v) is 8.15. The Labute approximate surface area is 187 Å². The highest BCUT2D eigenvalue weighted by molar-refractivity contribution is 9.10. The quantitative estimate of drug-likeness (QED) is 0.450. The molecular formula is C23H19BrN4O3. The van der Waals surface area contributed by atoms with Crippen LogP contribution < -0.4 is 10.2 Å². The number of hydrogen-bond donors (Lipinski definition) is 1. The molecule has 3 aromatic rings. The van der Waals surface area contributed by atoms with Gasteiger partial charge in [0, 0.05) is 22.1 Å². The standard InChI is InChI=1S/C23H19BrN4O3/c1-13-10-17(24)7-8-19(13)28-22(30)18(21(29)26-23(28)31)12-16-11-14(2)27(15(16)3)20-6-4-5-9-25-20/h4-12H,1-3H3,(H,26,29,31)/b18-12+.